The third-order valence-electron chi connectivity index (χ3n) is 5.07. The number of methoxy groups -OCH3 is 4. The lowest BCUT2D eigenvalue weighted by atomic mass is 9.78. The molecule has 1 aliphatic rings. The Kier molecular flexibility index (Phi) is 6.07. The van der Waals surface area contributed by atoms with Crippen LogP contribution < -0.4 is 23.8 Å². The van der Waals surface area contributed by atoms with Crippen LogP contribution in [0.15, 0.2) is 47.0 Å². The van der Waals surface area contributed by atoms with Gasteiger partial charge in [0.2, 0.25) is 11.7 Å². The number of carbonyl (C=O) groups excluding carboxylic acids is 1. The Hall–Kier alpha value is -2.67. The molecule has 0 bridgehead atoms. The molecule has 2 atom stereocenters. The molecule has 1 amide bonds. The largest absolute Gasteiger partial charge is 0.496 e. The first kappa shape index (κ1) is 21.0. The van der Waals surface area contributed by atoms with Gasteiger partial charge in [-0.1, -0.05) is 18.2 Å². The maximum Gasteiger partial charge on any atom is 0.237 e. The van der Waals surface area contributed by atoms with Gasteiger partial charge in [-0.3, -0.25) is 4.79 Å². The van der Waals surface area contributed by atoms with Crippen LogP contribution in [0.2, 0.25) is 0 Å². The van der Waals surface area contributed by atoms with Crippen LogP contribution in [0.25, 0.3) is 0 Å². The van der Waals surface area contributed by atoms with E-state index in [-0.39, 0.29) is 17.9 Å². The Morgan fingerprint density at radius 3 is 2.00 bits per heavy atom. The minimum absolute atomic E-state index is 0.0243. The molecule has 0 N–H and O–H groups in total. The van der Waals surface area contributed by atoms with Gasteiger partial charge in [0.25, 0.3) is 0 Å². The molecule has 1 saturated heterocycles. The topological polar surface area (TPSA) is 57.2 Å². The summed E-state index contributed by atoms with van der Waals surface area (Å²) in [5.74, 6) is 1.85. The Labute approximate surface area is 179 Å². The maximum atomic E-state index is 13.1. The van der Waals surface area contributed by atoms with Crippen LogP contribution in [-0.2, 0) is 4.79 Å². The highest BCUT2D eigenvalue weighted by Crippen LogP contribution is 2.50. The monoisotopic (exact) mass is 461 g/mol. The van der Waals surface area contributed by atoms with E-state index in [0.29, 0.717) is 22.9 Å². The van der Waals surface area contributed by atoms with Gasteiger partial charge in [0.05, 0.1) is 50.6 Å². The summed E-state index contributed by atoms with van der Waals surface area (Å²) in [5, 5.41) is 0. The predicted molar refractivity (Wildman–Crippen MR) is 115 cm³/mol. The van der Waals surface area contributed by atoms with Crippen molar-refractivity contribution in [3.63, 3.8) is 0 Å². The van der Waals surface area contributed by atoms with Gasteiger partial charge in [-0.05, 0) is 40.5 Å². The van der Waals surface area contributed by atoms with E-state index in [1.54, 1.807) is 45.5 Å². The second-order valence-electron chi connectivity index (χ2n) is 6.75. The van der Waals surface area contributed by atoms with Gasteiger partial charge in [-0.2, -0.15) is 0 Å². The third-order valence-corrected chi connectivity index (χ3v) is 5.69. The molecule has 7 heteroatoms. The van der Waals surface area contributed by atoms with E-state index < -0.39 is 0 Å². The van der Waals surface area contributed by atoms with Gasteiger partial charge < -0.3 is 23.8 Å². The number of carbonyl (C=O) groups is 1. The summed E-state index contributed by atoms with van der Waals surface area (Å²) in [6.07, 6.45) is 0. The molecule has 0 unspecified atom stereocenters. The molecule has 0 saturated carbocycles. The number of halogens is 1. The van der Waals surface area contributed by atoms with E-state index in [1.165, 1.54) is 0 Å². The number of amides is 1. The Morgan fingerprint density at radius 1 is 0.966 bits per heavy atom. The zero-order chi connectivity index (χ0) is 21.3. The van der Waals surface area contributed by atoms with E-state index in [0.717, 1.165) is 21.4 Å². The number of hydrogen-bond donors (Lipinski definition) is 0. The second-order valence-corrected chi connectivity index (χ2v) is 7.61. The maximum absolute atomic E-state index is 13.1. The third kappa shape index (κ3) is 3.55. The molecule has 0 aromatic heterocycles. The lowest BCUT2D eigenvalue weighted by molar-refractivity contribution is -0.128. The van der Waals surface area contributed by atoms with Gasteiger partial charge in [0.1, 0.15) is 5.75 Å². The number of benzene rings is 2. The van der Waals surface area contributed by atoms with Crippen molar-refractivity contribution in [3.05, 3.63) is 52.5 Å². The molecule has 1 fully saturated rings. The quantitative estimate of drug-likeness (QED) is 0.439. The standard InChI is InChI=1S/C22H24BrNO5/c1-12(2)19-20(13-7-8-16(26-3)15(23)9-13)24(22(19)25)14-10-17(27-4)21(29-6)18(11-14)28-5/h7-11,19-20H,1H2,2-6H3/t19-,20-/m0/s1. The Morgan fingerprint density at radius 2 is 1.55 bits per heavy atom. The summed E-state index contributed by atoms with van der Waals surface area (Å²) in [6.45, 7) is 5.90. The molecule has 0 radical (unpaired) electrons. The van der Waals surface area contributed by atoms with Gasteiger partial charge in [-0.25, -0.2) is 0 Å². The minimum Gasteiger partial charge on any atom is -0.496 e. The Balaban J connectivity index is 2.11. The summed E-state index contributed by atoms with van der Waals surface area (Å²) in [6, 6.07) is 9.16. The summed E-state index contributed by atoms with van der Waals surface area (Å²) < 4.78 is 22.5. The molecule has 1 heterocycles. The van der Waals surface area contributed by atoms with Crippen molar-refractivity contribution in [3.8, 4) is 23.0 Å². The number of β-lactam (4-membered cyclic amide) rings is 1. The number of hydrogen-bond acceptors (Lipinski definition) is 5. The van der Waals surface area contributed by atoms with Crippen molar-refractivity contribution < 1.29 is 23.7 Å². The van der Waals surface area contributed by atoms with Gasteiger partial charge in [0, 0.05) is 12.1 Å². The first-order valence-corrected chi connectivity index (χ1v) is 9.79. The fraction of sp³-hybridized carbons (Fsp3) is 0.318. The van der Waals surface area contributed by atoms with Crippen molar-refractivity contribution in [2.45, 2.75) is 13.0 Å². The van der Waals surface area contributed by atoms with E-state index in [2.05, 4.69) is 22.5 Å². The van der Waals surface area contributed by atoms with E-state index in [9.17, 15) is 4.79 Å². The first-order chi connectivity index (χ1) is 13.9. The molecular weight excluding hydrogens is 438 g/mol. The zero-order valence-corrected chi connectivity index (χ0v) is 18.7. The van der Waals surface area contributed by atoms with Crippen LogP contribution in [0.1, 0.15) is 18.5 Å². The number of rotatable bonds is 7. The highest BCUT2D eigenvalue weighted by Gasteiger charge is 2.49. The van der Waals surface area contributed by atoms with Crippen molar-refractivity contribution in [2.75, 3.05) is 33.3 Å². The molecule has 2 aromatic rings. The fourth-order valence-corrected chi connectivity index (χ4v) is 4.23. The van der Waals surface area contributed by atoms with E-state index in [4.69, 9.17) is 18.9 Å². The van der Waals surface area contributed by atoms with Crippen LogP contribution in [-0.4, -0.2) is 34.3 Å². The summed E-state index contributed by atoms with van der Waals surface area (Å²) in [4.78, 5) is 14.8. The molecule has 2 aromatic carbocycles. The highest BCUT2D eigenvalue weighted by molar-refractivity contribution is 9.10. The lowest BCUT2D eigenvalue weighted by Gasteiger charge is -2.48. The fourth-order valence-electron chi connectivity index (χ4n) is 3.67. The molecule has 0 aliphatic carbocycles. The summed E-state index contributed by atoms with van der Waals surface area (Å²) in [5.41, 5.74) is 2.45. The van der Waals surface area contributed by atoms with Crippen LogP contribution in [0.4, 0.5) is 5.69 Å². The van der Waals surface area contributed by atoms with Crippen LogP contribution >= 0.6 is 15.9 Å². The van der Waals surface area contributed by atoms with Gasteiger partial charge >= 0.3 is 0 Å². The van der Waals surface area contributed by atoms with E-state index >= 15 is 0 Å². The second kappa shape index (κ2) is 8.37. The smallest absolute Gasteiger partial charge is 0.237 e. The van der Waals surface area contributed by atoms with Crippen LogP contribution in [0, 0.1) is 5.92 Å². The molecule has 3 rings (SSSR count). The number of anilines is 1. The average molecular weight is 462 g/mol. The first-order valence-electron chi connectivity index (χ1n) is 8.99. The van der Waals surface area contributed by atoms with Crippen molar-refractivity contribution in [2.24, 2.45) is 5.92 Å². The normalized spacial score (nSPS) is 18.1. The average Bonchev–Trinajstić information content (AvgIpc) is 2.70. The predicted octanol–water partition coefficient (Wildman–Crippen LogP) is 4.76. The minimum atomic E-state index is -0.311. The van der Waals surface area contributed by atoms with Gasteiger partial charge in [0.15, 0.2) is 11.5 Å². The van der Waals surface area contributed by atoms with Crippen molar-refractivity contribution in [1.82, 2.24) is 0 Å². The molecule has 29 heavy (non-hydrogen) atoms. The SMILES string of the molecule is C=C(C)[C@@H]1C(=O)N(c2cc(OC)c(OC)c(OC)c2)[C@H]1c1ccc(OC)c(Br)c1. The van der Waals surface area contributed by atoms with E-state index in [1.807, 2.05) is 25.1 Å². The van der Waals surface area contributed by atoms with Crippen molar-refractivity contribution >= 4 is 27.5 Å². The van der Waals surface area contributed by atoms with Crippen LogP contribution in [0.3, 0.4) is 0 Å². The highest BCUT2D eigenvalue weighted by atomic mass is 79.9. The lowest BCUT2D eigenvalue weighted by Crippen LogP contribution is -2.55. The number of nitrogens with zero attached hydrogens (tertiary/aromatic N) is 1. The van der Waals surface area contributed by atoms with Crippen molar-refractivity contribution in [1.29, 1.82) is 0 Å². The summed E-state index contributed by atoms with van der Waals surface area (Å²) in [7, 11) is 6.26. The molecule has 154 valence electrons. The van der Waals surface area contributed by atoms with Crippen LogP contribution in [0.5, 0.6) is 23.0 Å². The summed E-state index contributed by atoms with van der Waals surface area (Å²) >= 11 is 3.53. The number of ether oxygens (including phenoxy) is 4. The molecular formula is C22H24BrNO5. The zero-order valence-electron chi connectivity index (χ0n) is 17.1. The molecule has 6 nitrogen and oxygen atoms in total. The molecule has 1 aliphatic heterocycles. The Bertz CT molecular complexity index is 933. The molecule has 0 spiro atoms. The van der Waals surface area contributed by atoms with Gasteiger partial charge in [-0.15, -0.1) is 0 Å².